The molecule has 0 amide bonds. The Kier molecular flexibility index (Phi) is 5.25. The molecule has 2 fully saturated rings. The zero-order valence-corrected chi connectivity index (χ0v) is 16.6. The number of rotatable bonds is 4. The molecule has 0 aliphatic carbocycles. The average Bonchev–Trinajstić information content (AvgIpc) is 2.80. The lowest BCUT2D eigenvalue weighted by Gasteiger charge is -2.35. The highest BCUT2D eigenvalue weighted by atomic mass is 19.1. The standard InChI is InChI=1S/C20H31BFNO3/c1-6-20(5)18(2,3)25-21(26-20)16-8-7-15(13-17(16)22)14-23-11-9-19(4,24)10-12-23/h7-8,13,24H,6,9-12,14H2,1-5H3. The zero-order valence-electron chi connectivity index (χ0n) is 16.6. The lowest BCUT2D eigenvalue weighted by Crippen LogP contribution is -2.44. The topological polar surface area (TPSA) is 41.9 Å². The van der Waals surface area contributed by atoms with Crippen LogP contribution in [0.4, 0.5) is 4.39 Å². The van der Waals surface area contributed by atoms with Crippen LogP contribution >= 0.6 is 0 Å². The SMILES string of the molecule is CCC1(C)OB(c2ccc(CN3CCC(C)(O)CC3)cc2F)OC1(C)C. The van der Waals surface area contributed by atoms with Crippen molar-refractivity contribution in [1.29, 1.82) is 0 Å². The van der Waals surface area contributed by atoms with Gasteiger partial charge in [-0.25, -0.2) is 4.39 Å². The third-order valence-electron chi connectivity index (χ3n) is 6.38. The van der Waals surface area contributed by atoms with Gasteiger partial charge in [0.2, 0.25) is 0 Å². The fourth-order valence-corrected chi connectivity index (χ4v) is 3.74. The Bertz CT molecular complexity index is 656. The predicted octanol–water partition coefficient (Wildman–Crippen LogP) is 2.86. The molecule has 26 heavy (non-hydrogen) atoms. The van der Waals surface area contributed by atoms with E-state index < -0.39 is 23.9 Å². The summed E-state index contributed by atoms with van der Waals surface area (Å²) in [4.78, 5) is 2.26. The molecule has 2 aliphatic rings. The second-order valence-electron chi connectivity index (χ2n) is 8.79. The molecular formula is C20H31BFNO3. The van der Waals surface area contributed by atoms with Gasteiger partial charge in [0.15, 0.2) is 0 Å². The second-order valence-corrected chi connectivity index (χ2v) is 8.79. The van der Waals surface area contributed by atoms with Gasteiger partial charge >= 0.3 is 7.12 Å². The number of aliphatic hydroxyl groups is 1. The number of piperidine rings is 1. The first kappa shape index (κ1) is 19.8. The van der Waals surface area contributed by atoms with Crippen LogP contribution in [-0.4, -0.2) is 47.0 Å². The van der Waals surface area contributed by atoms with E-state index in [1.165, 1.54) is 0 Å². The summed E-state index contributed by atoms with van der Waals surface area (Å²) >= 11 is 0. The van der Waals surface area contributed by atoms with Crippen molar-refractivity contribution in [3.05, 3.63) is 29.6 Å². The van der Waals surface area contributed by atoms with Crippen molar-refractivity contribution in [2.24, 2.45) is 0 Å². The van der Waals surface area contributed by atoms with E-state index in [-0.39, 0.29) is 5.82 Å². The first-order valence-corrected chi connectivity index (χ1v) is 9.64. The van der Waals surface area contributed by atoms with Crippen molar-refractivity contribution in [2.45, 2.75) is 77.2 Å². The van der Waals surface area contributed by atoms with Crippen LogP contribution in [-0.2, 0) is 15.9 Å². The Balaban J connectivity index is 1.69. The molecule has 3 rings (SSSR count). The van der Waals surface area contributed by atoms with E-state index in [0.29, 0.717) is 12.0 Å². The van der Waals surface area contributed by atoms with Crippen LogP contribution in [0.3, 0.4) is 0 Å². The van der Waals surface area contributed by atoms with Crippen LogP contribution < -0.4 is 5.46 Å². The van der Waals surface area contributed by atoms with Crippen LogP contribution in [0.5, 0.6) is 0 Å². The van der Waals surface area contributed by atoms with Crippen LogP contribution in [0.25, 0.3) is 0 Å². The summed E-state index contributed by atoms with van der Waals surface area (Å²) in [5.74, 6) is -0.285. The molecule has 6 heteroatoms. The number of hydrogen-bond acceptors (Lipinski definition) is 4. The molecule has 1 aromatic carbocycles. The molecule has 0 spiro atoms. The van der Waals surface area contributed by atoms with E-state index in [9.17, 15) is 9.50 Å². The normalized spacial score (nSPS) is 28.5. The Morgan fingerprint density at radius 2 is 1.81 bits per heavy atom. The Morgan fingerprint density at radius 1 is 1.15 bits per heavy atom. The third-order valence-corrected chi connectivity index (χ3v) is 6.38. The Morgan fingerprint density at radius 3 is 2.35 bits per heavy atom. The van der Waals surface area contributed by atoms with Gasteiger partial charge in [0, 0.05) is 25.1 Å². The van der Waals surface area contributed by atoms with E-state index in [4.69, 9.17) is 9.31 Å². The Hall–Kier alpha value is -0.945. The monoisotopic (exact) mass is 363 g/mol. The van der Waals surface area contributed by atoms with Gasteiger partial charge in [-0.3, -0.25) is 4.90 Å². The summed E-state index contributed by atoms with van der Waals surface area (Å²) in [6, 6.07) is 5.32. The summed E-state index contributed by atoms with van der Waals surface area (Å²) in [6.45, 7) is 12.3. The molecule has 1 unspecified atom stereocenters. The fourth-order valence-electron chi connectivity index (χ4n) is 3.74. The van der Waals surface area contributed by atoms with Gasteiger partial charge in [-0.15, -0.1) is 0 Å². The van der Waals surface area contributed by atoms with Gasteiger partial charge in [-0.05, 0) is 58.6 Å². The lowest BCUT2D eigenvalue weighted by atomic mass is 9.78. The highest BCUT2D eigenvalue weighted by Gasteiger charge is 2.54. The van der Waals surface area contributed by atoms with Gasteiger partial charge in [0.25, 0.3) is 0 Å². The minimum atomic E-state index is -0.672. The molecule has 1 atom stereocenters. The quantitative estimate of drug-likeness (QED) is 0.836. The minimum Gasteiger partial charge on any atom is -0.399 e. The Labute approximate surface area is 156 Å². The smallest absolute Gasteiger partial charge is 0.399 e. The number of nitrogens with zero attached hydrogens (tertiary/aromatic N) is 1. The summed E-state index contributed by atoms with van der Waals surface area (Å²) < 4.78 is 26.9. The average molecular weight is 363 g/mol. The molecule has 0 bridgehead atoms. The molecule has 1 N–H and O–H groups in total. The molecular weight excluding hydrogens is 332 g/mol. The summed E-state index contributed by atoms with van der Waals surface area (Å²) in [5, 5.41) is 10.1. The fraction of sp³-hybridized carbons (Fsp3) is 0.700. The van der Waals surface area contributed by atoms with Gasteiger partial charge < -0.3 is 14.4 Å². The molecule has 0 radical (unpaired) electrons. The second kappa shape index (κ2) is 6.90. The van der Waals surface area contributed by atoms with Gasteiger partial charge in [-0.2, -0.15) is 0 Å². The first-order valence-electron chi connectivity index (χ1n) is 9.64. The number of hydrogen-bond donors (Lipinski definition) is 1. The molecule has 144 valence electrons. The van der Waals surface area contributed by atoms with Gasteiger partial charge in [0.1, 0.15) is 5.82 Å². The maximum Gasteiger partial charge on any atom is 0.497 e. The summed E-state index contributed by atoms with van der Waals surface area (Å²) in [7, 11) is -0.672. The summed E-state index contributed by atoms with van der Waals surface area (Å²) in [5.41, 5.74) is -0.0824. The molecule has 0 aromatic heterocycles. The van der Waals surface area contributed by atoms with Crippen molar-refractivity contribution in [3.63, 3.8) is 0 Å². The van der Waals surface area contributed by atoms with Crippen molar-refractivity contribution >= 4 is 12.6 Å². The van der Waals surface area contributed by atoms with E-state index >= 15 is 0 Å². The number of likely N-dealkylation sites (tertiary alicyclic amines) is 1. The van der Waals surface area contributed by atoms with Crippen LogP contribution in [0, 0.1) is 5.82 Å². The lowest BCUT2D eigenvalue weighted by molar-refractivity contribution is -0.0118. The van der Waals surface area contributed by atoms with E-state index in [2.05, 4.69) is 11.8 Å². The zero-order chi connectivity index (χ0) is 19.2. The van der Waals surface area contributed by atoms with Crippen LogP contribution in [0.15, 0.2) is 18.2 Å². The predicted molar refractivity (Wildman–Crippen MR) is 102 cm³/mol. The van der Waals surface area contributed by atoms with Gasteiger partial charge in [-0.1, -0.05) is 19.1 Å². The molecule has 4 nitrogen and oxygen atoms in total. The third kappa shape index (κ3) is 3.84. The van der Waals surface area contributed by atoms with Crippen molar-refractivity contribution in [1.82, 2.24) is 4.90 Å². The largest absolute Gasteiger partial charge is 0.497 e. The highest BCUT2D eigenvalue weighted by molar-refractivity contribution is 6.62. The number of benzene rings is 1. The van der Waals surface area contributed by atoms with Crippen LogP contribution in [0.1, 0.15) is 59.4 Å². The van der Waals surface area contributed by atoms with E-state index in [1.807, 2.05) is 33.8 Å². The maximum absolute atomic E-state index is 14.8. The number of halogens is 1. The van der Waals surface area contributed by atoms with Crippen molar-refractivity contribution in [2.75, 3.05) is 13.1 Å². The molecule has 2 aliphatic heterocycles. The van der Waals surface area contributed by atoms with Gasteiger partial charge in [0.05, 0.1) is 16.8 Å². The first-order chi connectivity index (χ1) is 12.1. The molecule has 2 heterocycles. The molecule has 0 saturated carbocycles. The van der Waals surface area contributed by atoms with E-state index in [0.717, 1.165) is 37.9 Å². The molecule has 1 aromatic rings. The van der Waals surface area contributed by atoms with Crippen LogP contribution in [0.2, 0.25) is 0 Å². The minimum absolute atomic E-state index is 0.285. The summed E-state index contributed by atoms with van der Waals surface area (Å²) in [6.07, 6.45) is 2.30. The molecule has 2 saturated heterocycles. The van der Waals surface area contributed by atoms with E-state index in [1.54, 1.807) is 12.1 Å². The highest BCUT2D eigenvalue weighted by Crippen LogP contribution is 2.39. The maximum atomic E-state index is 14.8. The van der Waals surface area contributed by atoms with Crippen molar-refractivity contribution in [3.8, 4) is 0 Å². The van der Waals surface area contributed by atoms with Crippen molar-refractivity contribution < 1.29 is 18.8 Å².